The standard InChI is InChI=1S/C28H33F3N2O2/c1-21-9-11-23(12-10-21)27(25-7-4-5-15-32-25)35-20-22-13-16-33(17-14-22)18-19-34-26-8-3-2-6-24(26)28(29,30)31/h4-12,15,22,27H,2-3,13-14,16-20H2,1H3. The maximum atomic E-state index is 13.2. The van der Waals surface area contributed by atoms with E-state index < -0.39 is 11.7 Å². The number of ether oxygens (including phenoxy) is 2. The van der Waals surface area contributed by atoms with Gasteiger partial charge in [0.15, 0.2) is 0 Å². The van der Waals surface area contributed by atoms with Gasteiger partial charge in [0.1, 0.15) is 18.5 Å². The molecule has 1 saturated heterocycles. The number of allylic oxidation sites excluding steroid dienone is 3. The maximum Gasteiger partial charge on any atom is 0.419 e. The second-order valence-electron chi connectivity index (χ2n) is 9.27. The van der Waals surface area contributed by atoms with Crippen molar-refractivity contribution >= 4 is 0 Å². The van der Waals surface area contributed by atoms with Crippen molar-refractivity contribution in [2.24, 2.45) is 5.92 Å². The summed E-state index contributed by atoms with van der Waals surface area (Å²) < 4.78 is 51.4. The number of likely N-dealkylation sites (tertiary alicyclic amines) is 1. The molecule has 0 spiro atoms. The summed E-state index contributed by atoms with van der Waals surface area (Å²) in [4.78, 5) is 6.78. The average Bonchev–Trinajstić information content (AvgIpc) is 2.86. The fourth-order valence-corrected chi connectivity index (χ4v) is 4.56. The topological polar surface area (TPSA) is 34.6 Å². The van der Waals surface area contributed by atoms with Crippen molar-refractivity contribution in [1.29, 1.82) is 0 Å². The van der Waals surface area contributed by atoms with Gasteiger partial charge in [-0.2, -0.15) is 13.2 Å². The minimum absolute atomic E-state index is 0.0243. The Morgan fingerprint density at radius 3 is 2.46 bits per heavy atom. The van der Waals surface area contributed by atoms with Crippen LogP contribution in [0.4, 0.5) is 13.2 Å². The Balaban J connectivity index is 1.24. The molecule has 1 fully saturated rings. The molecule has 1 atom stereocenters. The molecular weight excluding hydrogens is 453 g/mol. The number of aromatic nitrogens is 1. The molecule has 35 heavy (non-hydrogen) atoms. The summed E-state index contributed by atoms with van der Waals surface area (Å²) in [5.74, 6) is 0.411. The highest BCUT2D eigenvalue weighted by Crippen LogP contribution is 2.35. The zero-order chi connectivity index (χ0) is 24.7. The molecule has 2 aromatic rings. The van der Waals surface area contributed by atoms with E-state index in [2.05, 4.69) is 41.1 Å². The molecular formula is C28H33F3N2O2. The van der Waals surface area contributed by atoms with Gasteiger partial charge in [0.05, 0.1) is 17.9 Å². The Labute approximate surface area is 205 Å². The number of alkyl halides is 3. The molecule has 1 aliphatic carbocycles. The first-order valence-corrected chi connectivity index (χ1v) is 12.3. The summed E-state index contributed by atoms with van der Waals surface area (Å²) in [7, 11) is 0. The van der Waals surface area contributed by atoms with Gasteiger partial charge in [-0.05, 0) is 75.4 Å². The first-order valence-electron chi connectivity index (χ1n) is 12.3. The second kappa shape index (κ2) is 11.9. The number of aryl methyl sites for hydroxylation is 1. The van der Waals surface area contributed by atoms with Crippen LogP contribution in [0.1, 0.15) is 48.6 Å². The number of hydrogen-bond acceptors (Lipinski definition) is 4. The predicted octanol–water partition coefficient (Wildman–Crippen LogP) is 6.39. The van der Waals surface area contributed by atoms with E-state index in [0.717, 1.165) is 37.2 Å². The molecule has 4 nitrogen and oxygen atoms in total. The summed E-state index contributed by atoms with van der Waals surface area (Å²) in [6, 6.07) is 14.2. The van der Waals surface area contributed by atoms with Crippen LogP contribution in [0.3, 0.4) is 0 Å². The van der Waals surface area contributed by atoms with Crippen LogP contribution in [0.25, 0.3) is 0 Å². The third-order valence-electron chi connectivity index (χ3n) is 6.62. The first kappa shape index (κ1) is 25.5. The van der Waals surface area contributed by atoms with Crippen molar-refractivity contribution in [2.75, 3.05) is 32.8 Å². The van der Waals surface area contributed by atoms with Gasteiger partial charge in [-0.25, -0.2) is 0 Å². The van der Waals surface area contributed by atoms with Crippen molar-refractivity contribution < 1.29 is 22.6 Å². The van der Waals surface area contributed by atoms with Crippen LogP contribution in [0.5, 0.6) is 0 Å². The number of benzene rings is 1. The molecule has 7 heteroatoms. The monoisotopic (exact) mass is 486 g/mol. The quantitative estimate of drug-likeness (QED) is 0.411. The van der Waals surface area contributed by atoms with Crippen molar-refractivity contribution in [3.8, 4) is 0 Å². The van der Waals surface area contributed by atoms with Crippen LogP contribution in [-0.4, -0.2) is 48.9 Å². The Morgan fingerprint density at radius 2 is 1.77 bits per heavy atom. The Bertz CT molecular complexity index is 995. The maximum absolute atomic E-state index is 13.2. The van der Waals surface area contributed by atoms with Crippen LogP contribution in [0, 0.1) is 12.8 Å². The number of nitrogens with zero attached hydrogens (tertiary/aromatic N) is 2. The molecule has 0 N–H and O–H groups in total. The van der Waals surface area contributed by atoms with Crippen LogP contribution >= 0.6 is 0 Å². The summed E-state index contributed by atoms with van der Waals surface area (Å²) >= 11 is 0. The van der Waals surface area contributed by atoms with Gasteiger partial charge in [0.2, 0.25) is 0 Å². The smallest absolute Gasteiger partial charge is 0.419 e. The Hall–Kier alpha value is -2.64. The summed E-state index contributed by atoms with van der Waals surface area (Å²) in [5, 5.41) is 0. The van der Waals surface area contributed by atoms with Gasteiger partial charge in [-0.1, -0.05) is 42.0 Å². The van der Waals surface area contributed by atoms with Gasteiger partial charge < -0.3 is 9.47 Å². The largest absolute Gasteiger partial charge is 0.492 e. The minimum Gasteiger partial charge on any atom is -0.492 e. The van der Waals surface area contributed by atoms with Gasteiger partial charge in [-0.3, -0.25) is 9.88 Å². The average molecular weight is 487 g/mol. The van der Waals surface area contributed by atoms with E-state index in [0.29, 0.717) is 31.9 Å². The molecule has 4 rings (SSSR count). The number of rotatable bonds is 9. The van der Waals surface area contributed by atoms with E-state index in [1.165, 1.54) is 11.6 Å². The highest BCUT2D eigenvalue weighted by Gasteiger charge is 2.37. The molecule has 1 aromatic heterocycles. The molecule has 0 saturated carbocycles. The number of piperidine rings is 1. The lowest BCUT2D eigenvalue weighted by Gasteiger charge is -2.32. The molecule has 0 radical (unpaired) electrons. The van der Waals surface area contributed by atoms with Gasteiger partial charge in [0, 0.05) is 12.7 Å². The molecule has 1 aromatic carbocycles. The lowest BCUT2D eigenvalue weighted by molar-refractivity contribution is -0.0947. The molecule has 1 unspecified atom stereocenters. The SMILES string of the molecule is Cc1ccc(C(OCC2CCN(CCOC3=CCCC=C3C(F)(F)F)CC2)c2ccccn2)cc1. The van der Waals surface area contributed by atoms with Gasteiger partial charge >= 0.3 is 6.18 Å². The number of halogens is 3. The predicted molar refractivity (Wildman–Crippen MR) is 130 cm³/mol. The van der Waals surface area contributed by atoms with Gasteiger partial charge in [0.25, 0.3) is 0 Å². The van der Waals surface area contributed by atoms with E-state index in [1.807, 2.05) is 18.2 Å². The van der Waals surface area contributed by atoms with Gasteiger partial charge in [-0.15, -0.1) is 0 Å². The number of pyridine rings is 1. The van der Waals surface area contributed by atoms with Crippen LogP contribution in [0.15, 0.2) is 72.1 Å². The highest BCUT2D eigenvalue weighted by molar-refractivity contribution is 5.33. The van der Waals surface area contributed by atoms with E-state index in [1.54, 1.807) is 12.3 Å². The lowest BCUT2D eigenvalue weighted by atomic mass is 9.97. The van der Waals surface area contributed by atoms with Crippen molar-refractivity contribution in [1.82, 2.24) is 9.88 Å². The van der Waals surface area contributed by atoms with E-state index in [-0.39, 0.29) is 18.5 Å². The minimum atomic E-state index is -4.36. The molecule has 1 aliphatic heterocycles. The Kier molecular flexibility index (Phi) is 8.63. The molecule has 0 bridgehead atoms. The molecule has 0 amide bonds. The third-order valence-corrected chi connectivity index (χ3v) is 6.62. The third kappa shape index (κ3) is 7.18. The van der Waals surface area contributed by atoms with Crippen molar-refractivity contribution in [3.63, 3.8) is 0 Å². The fraction of sp³-hybridized carbons (Fsp3) is 0.464. The van der Waals surface area contributed by atoms with Crippen molar-refractivity contribution in [2.45, 2.75) is 44.9 Å². The fourth-order valence-electron chi connectivity index (χ4n) is 4.56. The van der Waals surface area contributed by atoms with E-state index in [9.17, 15) is 13.2 Å². The number of hydrogen-bond donors (Lipinski definition) is 0. The zero-order valence-corrected chi connectivity index (χ0v) is 20.1. The summed E-state index contributed by atoms with van der Waals surface area (Å²) in [6.07, 6.45) is 2.97. The molecule has 2 aliphatic rings. The molecule has 188 valence electrons. The van der Waals surface area contributed by atoms with Crippen LogP contribution < -0.4 is 0 Å². The van der Waals surface area contributed by atoms with E-state index >= 15 is 0 Å². The Morgan fingerprint density at radius 1 is 1.03 bits per heavy atom. The molecule has 2 heterocycles. The van der Waals surface area contributed by atoms with Crippen LogP contribution in [-0.2, 0) is 9.47 Å². The zero-order valence-electron chi connectivity index (χ0n) is 20.1. The second-order valence-corrected chi connectivity index (χ2v) is 9.27. The summed E-state index contributed by atoms with van der Waals surface area (Å²) in [6.45, 7) is 5.36. The highest BCUT2D eigenvalue weighted by atomic mass is 19.4. The van der Waals surface area contributed by atoms with E-state index in [4.69, 9.17) is 9.47 Å². The normalized spacial score (nSPS) is 18.6. The first-order chi connectivity index (χ1) is 16.9. The summed E-state index contributed by atoms with van der Waals surface area (Å²) in [5.41, 5.74) is 2.55. The lowest BCUT2D eigenvalue weighted by Crippen LogP contribution is -2.37. The van der Waals surface area contributed by atoms with Crippen LogP contribution in [0.2, 0.25) is 0 Å². The van der Waals surface area contributed by atoms with Crippen molar-refractivity contribution in [3.05, 3.63) is 89.0 Å².